The average Bonchev–Trinajstić information content (AvgIpc) is 3.23. The molecule has 4 heterocycles. The summed E-state index contributed by atoms with van der Waals surface area (Å²) in [6.45, 7) is 8.10. The van der Waals surface area contributed by atoms with E-state index in [1.165, 1.54) is 11.8 Å². The van der Waals surface area contributed by atoms with E-state index < -0.39 is 0 Å². The number of para-hydroxylation sites is 1. The van der Waals surface area contributed by atoms with Crippen LogP contribution in [-0.4, -0.2) is 29.1 Å². The van der Waals surface area contributed by atoms with Crippen LogP contribution in [0.2, 0.25) is 0 Å². The van der Waals surface area contributed by atoms with Crippen LogP contribution in [0.3, 0.4) is 0 Å². The number of nitrogens with zero attached hydrogens (tertiary/aromatic N) is 6. The standard InChI is InChI=1S/C26H24N6OS/c1-16-7-5-6-8-22(16)32-25(21-9-10-27-13-18(21)3)29-30-26(32)34-15-20-12-24(33)31-14-19(4)17(2)11-23(31)28-20/h5-14H,15H2,1-4H3. The van der Waals surface area contributed by atoms with Gasteiger partial charge in [0.25, 0.3) is 5.56 Å². The Bertz CT molecular complexity index is 1590. The van der Waals surface area contributed by atoms with Gasteiger partial charge in [-0.05, 0) is 68.1 Å². The van der Waals surface area contributed by atoms with E-state index in [1.54, 1.807) is 16.7 Å². The average molecular weight is 469 g/mol. The molecule has 4 aromatic heterocycles. The molecule has 0 aliphatic heterocycles. The minimum Gasteiger partial charge on any atom is -0.270 e. The molecule has 0 spiro atoms. The second kappa shape index (κ2) is 8.87. The molecule has 0 amide bonds. The molecular weight excluding hydrogens is 444 g/mol. The minimum absolute atomic E-state index is 0.0860. The second-order valence-electron chi connectivity index (χ2n) is 8.36. The fraction of sp³-hybridized carbons (Fsp3) is 0.192. The lowest BCUT2D eigenvalue weighted by Gasteiger charge is -2.14. The summed E-state index contributed by atoms with van der Waals surface area (Å²) < 4.78 is 3.67. The molecule has 0 atom stereocenters. The van der Waals surface area contributed by atoms with Crippen molar-refractivity contribution in [3.05, 3.63) is 99.4 Å². The van der Waals surface area contributed by atoms with Crippen molar-refractivity contribution in [2.45, 2.75) is 38.6 Å². The molecule has 0 saturated carbocycles. The summed E-state index contributed by atoms with van der Waals surface area (Å²) in [4.78, 5) is 21.7. The van der Waals surface area contributed by atoms with Crippen molar-refractivity contribution in [2.75, 3.05) is 0 Å². The van der Waals surface area contributed by atoms with Crippen molar-refractivity contribution in [1.29, 1.82) is 0 Å². The van der Waals surface area contributed by atoms with E-state index in [-0.39, 0.29) is 5.56 Å². The predicted octanol–water partition coefficient (Wildman–Crippen LogP) is 4.86. The number of pyridine rings is 2. The number of benzene rings is 1. The lowest BCUT2D eigenvalue weighted by molar-refractivity contribution is 0.878. The zero-order valence-corrected chi connectivity index (χ0v) is 20.3. The minimum atomic E-state index is -0.0860. The first kappa shape index (κ1) is 22.0. The van der Waals surface area contributed by atoms with Crippen LogP contribution in [0.25, 0.3) is 22.7 Å². The number of aryl methyl sites for hydroxylation is 4. The van der Waals surface area contributed by atoms with E-state index in [4.69, 9.17) is 4.98 Å². The maximum Gasteiger partial charge on any atom is 0.258 e. The highest BCUT2D eigenvalue weighted by Gasteiger charge is 2.19. The van der Waals surface area contributed by atoms with Gasteiger partial charge in [-0.15, -0.1) is 10.2 Å². The van der Waals surface area contributed by atoms with Gasteiger partial charge in [0.15, 0.2) is 11.0 Å². The number of fused-ring (bicyclic) bond motifs is 1. The van der Waals surface area contributed by atoms with Crippen molar-refractivity contribution in [1.82, 2.24) is 29.1 Å². The highest BCUT2D eigenvalue weighted by atomic mass is 32.2. The molecule has 0 unspecified atom stereocenters. The quantitative estimate of drug-likeness (QED) is 0.343. The first-order valence-electron chi connectivity index (χ1n) is 11.0. The third-order valence-corrected chi connectivity index (χ3v) is 6.89. The molecule has 0 aliphatic carbocycles. The van der Waals surface area contributed by atoms with Crippen molar-refractivity contribution in [2.24, 2.45) is 0 Å². The normalized spacial score (nSPS) is 11.3. The molecule has 170 valence electrons. The lowest BCUT2D eigenvalue weighted by atomic mass is 10.1. The van der Waals surface area contributed by atoms with Gasteiger partial charge < -0.3 is 0 Å². The van der Waals surface area contributed by atoms with Crippen LogP contribution in [0.15, 0.2) is 71.0 Å². The number of aromatic nitrogens is 6. The summed E-state index contributed by atoms with van der Waals surface area (Å²) in [5, 5.41) is 9.80. The van der Waals surface area contributed by atoms with E-state index in [2.05, 4.69) is 38.8 Å². The van der Waals surface area contributed by atoms with E-state index in [0.717, 1.165) is 44.5 Å². The summed E-state index contributed by atoms with van der Waals surface area (Å²) in [5.41, 5.74) is 7.57. The van der Waals surface area contributed by atoms with Crippen molar-refractivity contribution < 1.29 is 0 Å². The Hall–Kier alpha value is -3.78. The summed E-state index contributed by atoms with van der Waals surface area (Å²) >= 11 is 1.51. The van der Waals surface area contributed by atoms with Crippen molar-refractivity contribution >= 4 is 17.4 Å². The Morgan fingerprint density at radius 2 is 1.74 bits per heavy atom. The number of hydrogen-bond donors (Lipinski definition) is 0. The van der Waals surface area contributed by atoms with E-state index in [9.17, 15) is 4.79 Å². The number of hydrogen-bond acceptors (Lipinski definition) is 6. The Kier molecular flexibility index (Phi) is 5.75. The molecule has 0 bridgehead atoms. The Balaban J connectivity index is 1.56. The molecule has 0 N–H and O–H groups in total. The molecule has 5 rings (SSSR count). The molecule has 0 fully saturated rings. The van der Waals surface area contributed by atoms with Gasteiger partial charge >= 0.3 is 0 Å². The SMILES string of the molecule is Cc1cc2nc(CSc3nnc(-c4ccncc4C)n3-c3ccccc3C)cc(=O)n2cc1C. The van der Waals surface area contributed by atoms with Crippen molar-refractivity contribution in [3.8, 4) is 17.1 Å². The van der Waals surface area contributed by atoms with Crippen LogP contribution in [0, 0.1) is 27.7 Å². The zero-order valence-electron chi connectivity index (χ0n) is 19.5. The molecule has 7 nitrogen and oxygen atoms in total. The Morgan fingerprint density at radius 1 is 0.912 bits per heavy atom. The predicted molar refractivity (Wildman–Crippen MR) is 135 cm³/mol. The smallest absolute Gasteiger partial charge is 0.258 e. The summed E-state index contributed by atoms with van der Waals surface area (Å²) in [7, 11) is 0. The molecule has 5 aromatic rings. The van der Waals surface area contributed by atoms with Gasteiger partial charge in [-0.2, -0.15) is 0 Å². The van der Waals surface area contributed by atoms with Gasteiger partial charge in [0.05, 0.1) is 11.4 Å². The summed E-state index contributed by atoms with van der Waals surface area (Å²) in [5.74, 6) is 1.26. The topological polar surface area (TPSA) is 78.0 Å². The number of rotatable bonds is 5. The third kappa shape index (κ3) is 4.01. The van der Waals surface area contributed by atoms with Crippen molar-refractivity contribution in [3.63, 3.8) is 0 Å². The van der Waals surface area contributed by atoms with Gasteiger partial charge in [0.1, 0.15) is 5.65 Å². The highest BCUT2D eigenvalue weighted by molar-refractivity contribution is 7.98. The first-order chi connectivity index (χ1) is 16.4. The maximum absolute atomic E-state index is 12.7. The third-order valence-electron chi connectivity index (χ3n) is 5.92. The lowest BCUT2D eigenvalue weighted by Crippen LogP contribution is -2.16. The largest absolute Gasteiger partial charge is 0.270 e. The van der Waals surface area contributed by atoms with E-state index in [0.29, 0.717) is 17.1 Å². The van der Waals surface area contributed by atoms with Gasteiger partial charge in [0.2, 0.25) is 0 Å². The van der Waals surface area contributed by atoms with Gasteiger partial charge in [0, 0.05) is 36.0 Å². The zero-order chi connectivity index (χ0) is 23.8. The van der Waals surface area contributed by atoms with Crippen LogP contribution < -0.4 is 5.56 Å². The molecule has 0 aliphatic rings. The summed E-state index contributed by atoms with van der Waals surface area (Å²) in [6.07, 6.45) is 5.44. The molecule has 0 radical (unpaired) electrons. The van der Waals surface area contributed by atoms with Crippen LogP contribution in [0.4, 0.5) is 0 Å². The molecule has 0 saturated heterocycles. The maximum atomic E-state index is 12.7. The van der Waals surface area contributed by atoms with Crippen LogP contribution in [-0.2, 0) is 5.75 Å². The van der Waals surface area contributed by atoms with Gasteiger partial charge in [-0.3, -0.25) is 18.7 Å². The highest BCUT2D eigenvalue weighted by Crippen LogP contribution is 2.31. The van der Waals surface area contributed by atoms with Crippen LogP contribution in [0.5, 0.6) is 0 Å². The van der Waals surface area contributed by atoms with Crippen LogP contribution in [0.1, 0.15) is 27.9 Å². The first-order valence-corrected chi connectivity index (χ1v) is 12.0. The number of thioether (sulfide) groups is 1. The van der Waals surface area contributed by atoms with Gasteiger partial charge in [-0.25, -0.2) is 4.98 Å². The Morgan fingerprint density at radius 3 is 2.53 bits per heavy atom. The monoisotopic (exact) mass is 468 g/mol. The van der Waals surface area contributed by atoms with Gasteiger partial charge in [-0.1, -0.05) is 30.0 Å². The molecule has 34 heavy (non-hydrogen) atoms. The van der Waals surface area contributed by atoms with Crippen LogP contribution >= 0.6 is 11.8 Å². The van der Waals surface area contributed by atoms with E-state index in [1.807, 2.05) is 57.4 Å². The second-order valence-corrected chi connectivity index (χ2v) is 9.30. The molecule has 8 heteroatoms. The fourth-order valence-corrected chi connectivity index (χ4v) is 4.74. The Labute approximate surface area is 201 Å². The molecular formula is C26H24N6OS. The molecule has 1 aromatic carbocycles. The summed E-state index contributed by atoms with van der Waals surface area (Å²) in [6, 6.07) is 13.7. The van der Waals surface area contributed by atoms with E-state index >= 15 is 0 Å². The fourth-order valence-electron chi connectivity index (χ4n) is 3.90.